The Morgan fingerprint density at radius 3 is 2.48 bits per heavy atom. The van der Waals surface area contributed by atoms with Crippen LogP contribution in [0.4, 0.5) is 5.69 Å². The summed E-state index contributed by atoms with van der Waals surface area (Å²) >= 11 is 0. The summed E-state index contributed by atoms with van der Waals surface area (Å²) in [6, 6.07) is 25.2. The SMILES string of the molecule is C=C(/C=C/c1ccccc1)C(C)(CC#N)c1c([NH2+]C)ccc2ccccc12. The fourth-order valence-electron chi connectivity index (χ4n) is 3.61. The van der Waals surface area contributed by atoms with Crippen LogP contribution in [-0.4, -0.2) is 7.05 Å². The highest BCUT2D eigenvalue weighted by Gasteiger charge is 2.34. The van der Waals surface area contributed by atoms with Gasteiger partial charge in [0.05, 0.1) is 13.1 Å². The molecule has 0 aromatic heterocycles. The molecular formula is C25H25N2+. The van der Waals surface area contributed by atoms with Crippen molar-refractivity contribution >= 4 is 22.5 Å². The fraction of sp³-hybridized carbons (Fsp3) is 0.160. The van der Waals surface area contributed by atoms with Gasteiger partial charge in [-0.3, -0.25) is 0 Å². The fourth-order valence-corrected chi connectivity index (χ4v) is 3.61. The predicted octanol–water partition coefficient (Wildman–Crippen LogP) is 5.11. The summed E-state index contributed by atoms with van der Waals surface area (Å²) in [5.74, 6) is 0. The number of allylic oxidation sites excluding steroid dienone is 2. The van der Waals surface area contributed by atoms with Gasteiger partial charge in [0.15, 0.2) is 0 Å². The van der Waals surface area contributed by atoms with Crippen LogP contribution in [0.2, 0.25) is 0 Å². The monoisotopic (exact) mass is 353 g/mol. The van der Waals surface area contributed by atoms with Crippen molar-refractivity contribution < 1.29 is 5.32 Å². The summed E-state index contributed by atoms with van der Waals surface area (Å²) in [6.07, 6.45) is 4.49. The number of rotatable bonds is 6. The van der Waals surface area contributed by atoms with E-state index in [4.69, 9.17) is 0 Å². The first-order chi connectivity index (χ1) is 13.1. The number of nitrogens with two attached hydrogens (primary N) is 1. The summed E-state index contributed by atoms with van der Waals surface area (Å²) in [7, 11) is 2.04. The molecule has 2 N–H and O–H groups in total. The second-order valence-corrected chi connectivity index (χ2v) is 6.98. The van der Waals surface area contributed by atoms with Crippen LogP contribution in [0, 0.1) is 11.3 Å². The normalized spacial score (nSPS) is 13.4. The first-order valence-corrected chi connectivity index (χ1v) is 9.21. The van der Waals surface area contributed by atoms with Crippen LogP contribution in [0.15, 0.2) is 85.0 Å². The molecule has 3 aromatic carbocycles. The molecule has 134 valence electrons. The summed E-state index contributed by atoms with van der Waals surface area (Å²) in [5.41, 5.74) is 3.92. The molecule has 0 spiro atoms. The Hall–Kier alpha value is -3.15. The molecule has 0 radical (unpaired) electrons. The average molecular weight is 353 g/mol. The van der Waals surface area contributed by atoms with Crippen LogP contribution < -0.4 is 5.32 Å². The highest BCUT2D eigenvalue weighted by molar-refractivity contribution is 5.90. The van der Waals surface area contributed by atoms with Crippen molar-refractivity contribution in [1.29, 1.82) is 5.26 Å². The summed E-state index contributed by atoms with van der Waals surface area (Å²) in [6.45, 7) is 6.49. The molecule has 0 heterocycles. The summed E-state index contributed by atoms with van der Waals surface area (Å²) in [4.78, 5) is 0. The third kappa shape index (κ3) is 3.69. The molecule has 0 fully saturated rings. The maximum Gasteiger partial charge on any atom is 0.134 e. The molecule has 1 unspecified atom stereocenters. The van der Waals surface area contributed by atoms with E-state index < -0.39 is 5.41 Å². The Morgan fingerprint density at radius 1 is 1.07 bits per heavy atom. The van der Waals surface area contributed by atoms with Gasteiger partial charge in [0.2, 0.25) is 0 Å². The van der Waals surface area contributed by atoms with Crippen molar-refractivity contribution in [3.8, 4) is 6.07 Å². The van der Waals surface area contributed by atoms with Gasteiger partial charge in [0.1, 0.15) is 5.69 Å². The van der Waals surface area contributed by atoms with Crippen LogP contribution >= 0.6 is 0 Å². The molecule has 0 saturated carbocycles. The Labute approximate surface area is 161 Å². The Bertz CT molecular complexity index is 1030. The van der Waals surface area contributed by atoms with Gasteiger partial charge in [-0.15, -0.1) is 0 Å². The average Bonchev–Trinajstić information content (AvgIpc) is 2.71. The molecular weight excluding hydrogens is 328 g/mol. The third-order valence-corrected chi connectivity index (χ3v) is 5.24. The van der Waals surface area contributed by atoms with Crippen LogP contribution in [0.3, 0.4) is 0 Å². The van der Waals surface area contributed by atoms with E-state index in [1.54, 1.807) is 0 Å². The molecule has 0 aliphatic carbocycles. The first-order valence-electron chi connectivity index (χ1n) is 9.21. The molecule has 0 aliphatic rings. The number of fused-ring (bicyclic) bond motifs is 1. The Balaban J connectivity index is 2.15. The smallest absolute Gasteiger partial charge is 0.134 e. The van der Waals surface area contributed by atoms with Crippen LogP contribution in [0.5, 0.6) is 0 Å². The zero-order valence-electron chi connectivity index (χ0n) is 15.9. The minimum Gasteiger partial charge on any atom is -0.316 e. The molecule has 1 atom stereocenters. The number of nitriles is 1. The third-order valence-electron chi connectivity index (χ3n) is 5.24. The minimum absolute atomic E-state index is 0.375. The van der Waals surface area contributed by atoms with Crippen LogP contribution in [0.25, 0.3) is 16.8 Å². The molecule has 0 saturated heterocycles. The second kappa shape index (κ2) is 8.03. The van der Waals surface area contributed by atoms with E-state index in [1.165, 1.54) is 16.3 Å². The van der Waals surface area contributed by atoms with Gasteiger partial charge in [-0.25, -0.2) is 0 Å². The van der Waals surface area contributed by atoms with Crippen LogP contribution in [-0.2, 0) is 5.41 Å². The van der Waals surface area contributed by atoms with Crippen molar-refractivity contribution in [2.45, 2.75) is 18.8 Å². The molecule has 0 amide bonds. The van der Waals surface area contributed by atoms with Gasteiger partial charge < -0.3 is 5.32 Å². The number of hydrogen-bond acceptors (Lipinski definition) is 1. The molecule has 3 aromatic rings. The zero-order chi connectivity index (χ0) is 19.3. The highest BCUT2D eigenvalue weighted by Crippen LogP contribution is 2.42. The van der Waals surface area contributed by atoms with E-state index in [1.807, 2.05) is 37.4 Å². The lowest BCUT2D eigenvalue weighted by Gasteiger charge is -2.30. The molecule has 0 bridgehead atoms. The van der Waals surface area contributed by atoms with Crippen molar-refractivity contribution in [3.05, 3.63) is 96.1 Å². The standard InChI is InChI=1S/C25H24N2/c1-19(13-14-20-9-5-4-6-10-20)25(2,17-18-26)24-22-12-8-7-11-21(22)15-16-23(24)27-3/h4-16,27H,1,17H2,2-3H3/p+1/b14-13+. The second-order valence-electron chi connectivity index (χ2n) is 6.98. The lowest BCUT2D eigenvalue weighted by Crippen LogP contribution is -2.73. The number of hydrogen-bond donors (Lipinski definition) is 1. The van der Waals surface area contributed by atoms with E-state index >= 15 is 0 Å². The van der Waals surface area contributed by atoms with Crippen molar-refractivity contribution in [2.75, 3.05) is 7.05 Å². The van der Waals surface area contributed by atoms with Crippen LogP contribution in [0.1, 0.15) is 24.5 Å². The number of benzene rings is 3. The largest absolute Gasteiger partial charge is 0.316 e. The molecule has 2 nitrogen and oxygen atoms in total. The Morgan fingerprint density at radius 2 is 1.78 bits per heavy atom. The quantitative estimate of drug-likeness (QED) is 0.486. The lowest BCUT2D eigenvalue weighted by atomic mass is 9.71. The van der Waals surface area contributed by atoms with Gasteiger partial charge in [-0.1, -0.05) is 80.3 Å². The topological polar surface area (TPSA) is 40.4 Å². The number of nitrogens with zero attached hydrogens (tertiary/aromatic N) is 1. The highest BCUT2D eigenvalue weighted by atomic mass is 14.8. The first kappa shape index (κ1) is 18.6. The van der Waals surface area contributed by atoms with E-state index in [2.05, 4.69) is 73.4 Å². The molecule has 2 heteroatoms. The van der Waals surface area contributed by atoms with E-state index in [9.17, 15) is 5.26 Å². The van der Waals surface area contributed by atoms with E-state index in [-0.39, 0.29) is 0 Å². The van der Waals surface area contributed by atoms with Gasteiger partial charge in [0.25, 0.3) is 0 Å². The lowest BCUT2D eigenvalue weighted by molar-refractivity contribution is -0.540. The predicted molar refractivity (Wildman–Crippen MR) is 114 cm³/mol. The van der Waals surface area contributed by atoms with Crippen molar-refractivity contribution in [3.63, 3.8) is 0 Å². The molecule has 3 rings (SSSR count). The van der Waals surface area contributed by atoms with Crippen molar-refractivity contribution in [1.82, 2.24) is 0 Å². The summed E-state index contributed by atoms with van der Waals surface area (Å²) < 4.78 is 0. The molecule has 27 heavy (non-hydrogen) atoms. The molecule has 0 aliphatic heterocycles. The van der Waals surface area contributed by atoms with Gasteiger partial charge >= 0.3 is 0 Å². The van der Waals surface area contributed by atoms with Gasteiger partial charge in [-0.2, -0.15) is 5.26 Å². The maximum atomic E-state index is 9.61. The Kier molecular flexibility index (Phi) is 5.54. The number of quaternary nitrogens is 1. The van der Waals surface area contributed by atoms with Crippen molar-refractivity contribution in [2.24, 2.45) is 0 Å². The van der Waals surface area contributed by atoms with Gasteiger partial charge in [0, 0.05) is 17.4 Å². The van der Waals surface area contributed by atoms with E-state index in [0.717, 1.165) is 16.8 Å². The summed E-state index contributed by atoms with van der Waals surface area (Å²) in [5, 5.41) is 14.1. The zero-order valence-corrected chi connectivity index (χ0v) is 15.9. The minimum atomic E-state index is -0.470. The maximum absolute atomic E-state index is 9.61. The van der Waals surface area contributed by atoms with E-state index in [0.29, 0.717) is 6.42 Å². The van der Waals surface area contributed by atoms with Gasteiger partial charge in [-0.05, 0) is 34.0 Å².